The number of benzene rings is 1. The lowest BCUT2D eigenvalue weighted by Crippen LogP contribution is -2.33. The molecule has 27 heavy (non-hydrogen) atoms. The lowest BCUT2D eigenvalue weighted by atomic mass is 10.2. The molecule has 0 spiro atoms. The highest BCUT2D eigenvalue weighted by Crippen LogP contribution is 2.26. The van der Waals surface area contributed by atoms with E-state index in [0.29, 0.717) is 22.3 Å². The van der Waals surface area contributed by atoms with Gasteiger partial charge in [-0.2, -0.15) is 4.68 Å². The van der Waals surface area contributed by atoms with Gasteiger partial charge in [-0.3, -0.25) is 14.9 Å². The van der Waals surface area contributed by atoms with Gasteiger partial charge in [-0.15, -0.1) is 5.10 Å². The lowest BCUT2D eigenvalue weighted by molar-refractivity contribution is -0.117. The van der Waals surface area contributed by atoms with Crippen LogP contribution in [-0.4, -0.2) is 49.5 Å². The maximum absolute atomic E-state index is 12.1. The Kier molecular flexibility index (Phi) is 5.55. The van der Waals surface area contributed by atoms with Crippen LogP contribution in [0.4, 0.5) is 0 Å². The van der Waals surface area contributed by atoms with Crippen LogP contribution in [0.3, 0.4) is 0 Å². The van der Waals surface area contributed by atoms with Crippen molar-refractivity contribution in [2.24, 2.45) is 7.05 Å². The van der Waals surface area contributed by atoms with Crippen LogP contribution in [0, 0.1) is 6.92 Å². The number of amides is 2. The molecule has 0 atom stereocenters. The fraction of sp³-hybridized carbons (Fsp3) is 0.235. The predicted molar refractivity (Wildman–Crippen MR) is 99.1 cm³/mol. The molecule has 3 aromatic rings. The molecule has 0 aliphatic carbocycles. The summed E-state index contributed by atoms with van der Waals surface area (Å²) < 4.78 is 8.50. The number of hydrogen-bond acceptors (Lipinski definition) is 7. The summed E-state index contributed by atoms with van der Waals surface area (Å²) in [7, 11) is 3.30. The van der Waals surface area contributed by atoms with E-state index < -0.39 is 11.8 Å². The highest BCUT2D eigenvalue weighted by Gasteiger charge is 2.17. The summed E-state index contributed by atoms with van der Waals surface area (Å²) in [5, 5.41) is 14.4. The zero-order chi connectivity index (χ0) is 19.4. The molecule has 1 aromatic carbocycles. The third-order valence-electron chi connectivity index (χ3n) is 3.77. The molecule has 2 heterocycles. The molecule has 0 aliphatic heterocycles. The van der Waals surface area contributed by atoms with Crippen molar-refractivity contribution in [3.05, 3.63) is 47.8 Å². The van der Waals surface area contributed by atoms with Crippen molar-refractivity contribution in [1.82, 2.24) is 30.1 Å². The minimum absolute atomic E-state index is 0.00926. The summed E-state index contributed by atoms with van der Waals surface area (Å²) >= 11 is 1.13. The first kappa shape index (κ1) is 18.6. The molecule has 2 aromatic heterocycles. The Morgan fingerprint density at radius 2 is 2.11 bits per heavy atom. The van der Waals surface area contributed by atoms with E-state index in [1.165, 1.54) is 4.68 Å². The molecule has 3 rings (SSSR count). The number of carbonyl (C=O) groups excluding carboxylic acids is 2. The van der Waals surface area contributed by atoms with Crippen molar-refractivity contribution in [2.45, 2.75) is 12.1 Å². The average Bonchev–Trinajstić information content (AvgIpc) is 3.28. The number of thioether (sulfide) groups is 1. The molecule has 140 valence electrons. The number of aromatic nitrogens is 5. The molecule has 2 amide bonds. The fourth-order valence-corrected chi connectivity index (χ4v) is 3.12. The maximum atomic E-state index is 12.1. The molecule has 0 bridgehead atoms. The van der Waals surface area contributed by atoms with Gasteiger partial charge in [0.15, 0.2) is 0 Å². The average molecular weight is 386 g/mol. The standard InChI is InChI=1S/C17H18N6O3S/c1-11-6-7-14(26-3)13(9-11)23-17(19-20-21-23)27-10-15(24)18-16(25)12-5-4-8-22(12)2/h4-9H,10H2,1-3H3,(H,18,24,25). The van der Waals surface area contributed by atoms with E-state index in [4.69, 9.17) is 4.74 Å². The Labute approximate surface area is 159 Å². The molecule has 0 saturated heterocycles. The molecule has 0 fully saturated rings. The summed E-state index contributed by atoms with van der Waals surface area (Å²) in [6.45, 7) is 1.95. The van der Waals surface area contributed by atoms with Gasteiger partial charge in [-0.25, -0.2) is 0 Å². The second kappa shape index (κ2) is 8.04. The van der Waals surface area contributed by atoms with Crippen molar-refractivity contribution < 1.29 is 14.3 Å². The number of hydrogen-bond donors (Lipinski definition) is 1. The monoisotopic (exact) mass is 386 g/mol. The lowest BCUT2D eigenvalue weighted by Gasteiger charge is -2.10. The zero-order valence-corrected chi connectivity index (χ0v) is 15.9. The minimum atomic E-state index is -0.451. The molecule has 0 aliphatic rings. The summed E-state index contributed by atoms with van der Waals surface area (Å²) in [5.74, 6) is -0.284. The number of rotatable bonds is 6. The van der Waals surface area contributed by atoms with Gasteiger partial charge < -0.3 is 9.30 Å². The van der Waals surface area contributed by atoms with E-state index in [2.05, 4.69) is 20.8 Å². The Morgan fingerprint density at radius 3 is 2.81 bits per heavy atom. The van der Waals surface area contributed by atoms with Crippen LogP contribution < -0.4 is 10.1 Å². The van der Waals surface area contributed by atoms with Gasteiger partial charge in [0.1, 0.15) is 17.1 Å². The molecular weight excluding hydrogens is 368 g/mol. The largest absolute Gasteiger partial charge is 0.494 e. The number of aryl methyl sites for hydroxylation is 2. The first-order valence-corrected chi connectivity index (χ1v) is 9.00. The molecule has 9 nitrogen and oxygen atoms in total. The zero-order valence-electron chi connectivity index (χ0n) is 15.0. The van der Waals surface area contributed by atoms with E-state index in [1.54, 1.807) is 37.1 Å². The number of tetrazole rings is 1. The predicted octanol–water partition coefficient (Wildman–Crippen LogP) is 1.37. The van der Waals surface area contributed by atoms with Gasteiger partial charge in [0.25, 0.3) is 5.91 Å². The Morgan fingerprint density at radius 1 is 1.30 bits per heavy atom. The fourth-order valence-electron chi connectivity index (χ4n) is 2.44. The van der Waals surface area contributed by atoms with Crippen LogP contribution in [0.25, 0.3) is 5.69 Å². The number of nitrogens with one attached hydrogen (secondary N) is 1. The van der Waals surface area contributed by atoms with Gasteiger partial charge in [0.05, 0.1) is 12.9 Å². The summed E-state index contributed by atoms with van der Waals surface area (Å²) in [6.07, 6.45) is 1.73. The molecule has 10 heteroatoms. The van der Waals surface area contributed by atoms with Crippen molar-refractivity contribution in [3.8, 4) is 11.4 Å². The van der Waals surface area contributed by atoms with Gasteiger partial charge in [0.2, 0.25) is 11.1 Å². The molecular formula is C17H18N6O3S. The Balaban J connectivity index is 1.69. The first-order valence-electron chi connectivity index (χ1n) is 8.01. The van der Waals surface area contributed by atoms with Crippen LogP contribution in [0.1, 0.15) is 16.1 Å². The first-order chi connectivity index (χ1) is 13.0. The number of methoxy groups -OCH3 is 1. The van der Waals surface area contributed by atoms with Gasteiger partial charge in [-0.1, -0.05) is 17.8 Å². The number of imide groups is 1. The van der Waals surface area contributed by atoms with Crippen molar-refractivity contribution in [2.75, 3.05) is 12.9 Å². The SMILES string of the molecule is COc1ccc(C)cc1-n1nnnc1SCC(=O)NC(=O)c1cccn1C. The molecule has 0 radical (unpaired) electrons. The van der Waals surface area contributed by atoms with E-state index in [9.17, 15) is 9.59 Å². The van der Waals surface area contributed by atoms with Gasteiger partial charge in [-0.05, 0) is 47.2 Å². The third kappa shape index (κ3) is 4.17. The normalized spacial score (nSPS) is 10.6. The summed E-state index contributed by atoms with van der Waals surface area (Å²) in [4.78, 5) is 24.2. The Bertz CT molecular complexity index is 981. The van der Waals surface area contributed by atoms with Gasteiger partial charge in [0, 0.05) is 13.2 Å². The van der Waals surface area contributed by atoms with Crippen molar-refractivity contribution >= 4 is 23.6 Å². The minimum Gasteiger partial charge on any atom is -0.494 e. The van der Waals surface area contributed by atoms with E-state index in [0.717, 1.165) is 17.3 Å². The Hall–Kier alpha value is -3.14. The van der Waals surface area contributed by atoms with Crippen molar-refractivity contribution in [1.29, 1.82) is 0 Å². The number of carbonyl (C=O) groups is 2. The number of nitrogens with zero attached hydrogens (tertiary/aromatic N) is 5. The van der Waals surface area contributed by atoms with Crippen molar-refractivity contribution in [3.63, 3.8) is 0 Å². The summed E-state index contributed by atoms with van der Waals surface area (Å²) in [6, 6.07) is 9.00. The maximum Gasteiger partial charge on any atom is 0.274 e. The highest BCUT2D eigenvalue weighted by atomic mass is 32.2. The quantitative estimate of drug-likeness (QED) is 0.638. The second-order valence-corrected chi connectivity index (χ2v) is 6.66. The molecule has 0 saturated carbocycles. The van der Waals surface area contributed by atoms with Crippen LogP contribution >= 0.6 is 11.8 Å². The highest BCUT2D eigenvalue weighted by molar-refractivity contribution is 7.99. The van der Waals surface area contributed by atoms with Gasteiger partial charge >= 0.3 is 0 Å². The van der Waals surface area contributed by atoms with Crippen LogP contribution in [0.2, 0.25) is 0 Å². The van der Waals surface area contributed by atoms with E-state index >= 15 is 0 Å². The molecule has 1 N–H and O–H groups in total. The second-order valence-electron chi connectivity index (χ2n) is 5.72. The van der Waals surface area contributed by atoms with Crippen LogP contribution in [0.5, 0.6) is 5.75 Å². The topological polar surface area (TPSA) is 104 Å². The third-order valence-corrected chi connectivity index (χ3v) is 4.68. The summed E-state index contributed by atoms with van der Waals surface area (Å²) in [5.41, 5.74) is 2.09. The van der Waals surface area contributed by atoms with E-state index in [1.807, 2.05) is 25.1 Å². The van der Waals surface area contributed by atoms with Crippen LogP contribution in [-0.2, 0) is 11.8 Å². The number of ether oxygens (including phenoxy) is 1. The van der Waals surface area contributed by atoms with Crippen LogP contribution in [0.15, 0.2) is 41.7 Å². The smallest absolute Gasteiger partial charge is 0.274 e. The molecule has 0 unspecified atom stereocenters. The van der Waals surface area contributed by atoms with E-state index in [-0.39, 0.29) is 5.75 Å².